The Morgan fingerprint density at radius 3 is 1.64 bits per heavy atom. The minimum Gasteiger partial charge on any atom is -0.347 e. The predicted octanol–water partition coefficient (Wildman–Crippen LogP) is 1.29. The molecule has 4 nitrogen and oxygen atoms in total. The summed E-state index contributed by atoms with van der Waals surface area (Å²) in [5.41, 5.74) is 1.01. The summed E-state index contributed by atoms with van der Waals surface area (Å²) >= 11 is 0. The van der Waals surface area contributed by atoms with Crippen LogP contribution < -0.4 is 0 Å². The van der Waals surface area contributed by atoms with E-state index < -0.39 is 0 Å². The monoisotopic (exact) mass is 184 g/mol. The highest BCUT2D eigenvalue weighted by Gasteiger charge is 2.09. The lowest BCUT2D eigenvalue weighted by atomic mass is 10.3. The van der Waals surface area contributed by atoms with E-state index in [4.69, 9.17) is 21.9 Å². The van der Waals surface area contributed by atoms with Crippen molar-refractivity contribution < 1.29 is 9.05 Å². The molecule has 2 aromatic heterocycles. The summed E-state index contributed by atoms with van der Waals surface area (Å²) in [5.74, 6) is 5.30. The summed E-state index contributed by atoms with van der Waals surface area (Å²) in [6.07, 6.45) is 10.2. The Kier molecular flexibility index (Phi) is 1.82. The van der Waals surface area contributed by atoms with Crippen LogP contribution in [0.4, 0.5) is 0 Å². The molecule has 0 radical (unpaired) electrons. The molecule has 0 aliphatic carbocycles. The molecule has 0 spiro atoms. The number of rotatable bonds is 1. The third kappa shape index (κ3) is 1.26. The minimum absolute atomic E-state index is 0.338. The zero-order valence-electron chi connectivity index (χ0n) is 7.02. The lowest BCUT2D eigenvalue weighted by Gasteiger charge is -1.78. The number of terminal acetylenes is 2. The third-order valence-electron chi connectivity index (χ3n) is 1.57. The molecule has 0 saturated carbocycles. The van der Waals surface area contributed by atoms with Crippen molar-refractivity contribution in [2.75, 3.05) is 0 Å². The van der Waals surface area contributed by atoms with Crippen molar-refractivity contribution in [2.24, 2.45) is 0 Å². The van der Waals surface area contributed by atoms with E-state index in [1.54, 1.807) is 12.1 Å². The Morgan fingerprint density at radius 2 is 1.36 bits per heavy atom. The van der Waals surface area contributed by atoms with Crippen LogP contribution in [0.2, 0.25) is 0 Å². The quantitative estimate of drug-likeness (QED) is 0.626. The van der Waals surface area contributed by atoms with E-state index >= 15 is 0 Å². The molecule has 0 saturated heterocycles. The summed E-state index contributed by atoms with van der Waals surface area (Å²) in [6, 6.07) is 3.16. The van der Waals surface area contributed by atoms with Crippen molar-refractivity contribution >= 4 is 0 Å². The maximum atomic E-state index is 5.11. The highest BCUT2D eigenvalue weighted by molar-refractivity contribution is 5.55. The first-order valence-corrected chi connectivity index (χ1v) is 3.70. The second-order valence-corrected chi connectivity index (χ2v) is 2.44. The van der Waals surface area contributed by atoms with Crippen molar-refractivity contribution in [2.45, 2.75) is 0 Å². The number of hydrogen-bond donors (Lipinski definition) is 0. The smallest absolute Gasteiger partial charge is 0.210 e. The molecule has 0 N–H and O–H groups in total. The number of aromatic nitrogens is 2. The van der Waals surface area contributed by atoms with Crippen LogP contribution in [0, 0.1) is 24.7 Å². The second-order valence-electron chi connectivity index (χ2n) is 2.44. The summed E-state index contributed by atoms with van der Waals surface area (Å²) in [6.45, 7) is 0. The Bertz CT molecular complexity index is 487. The van der Waals surface area contributed by atoms with Crippen LogP contribution in [0.3, 0.4) is 0 Å². The zero-order chi connectivity index (χ0) is 9.97. The lowest BCUT2D eigenvalue weighted by Crippen LogP contribution is -1.73. The molecular formula is C10H4N2O2. The Labute approximate surface area is 79.9 Å². The highest BCUT2D eigenvalue weighted by Crippen LogP contribution is 2.17. The van der Waals surface area contributed by atoms with E-state index in [1.165, 1.54) is 0 Å². The van der Waals surface area contributed by atoms with E-state index in [1.807, 2.05) is 0 Å². The average molecular weight is 184 g/mol. The SMILES string of the molecule is C#Cc1cc(-c2cc(C#C)on2)no1. The molecule has 66 valence electrons. The summed E-state index contributed by atoms with van der Waals surface area (Å²) in [7, 11) is 0. The van der Waals surface area contributed by atoms with Gasteiger partial charge in [0.25, 0.3) is 0 Å². The Balaban J connectivity index is 2.41. The zero-order valence-corrected chi connectivity index (χ0v) is 7.02. The van der Waals surface area contributed by atoms with Gasteiger partial charge in [-0.25, -0.2) is 0 Å². The van der Waals surface area contributed by atoms with Gasteiger partial charge in [-0.05, 0) is 11.8 Å². The average Bonchev–Trinajstić information content (AvgIpc) is 2.86. The van der Waals surface area contributed by atoms with Gasteiger partial charge in [0.1, 0.15) is 11.4 Å². The molecule has 14 heavy (non-hydrogen) atoms. The molecule has 0 atom stereocenters. The van der Waals surface area contributed by atoms with E-state index in [-0.39, 0.29) is 0 Å². The first kappa shape index (κ1) is 8.15. The Hall–Kier alpha value is -2.46. The molecule has 0 amide bonds. The van der Waals surface area contributed by atoms with E-state index in [2.05, 4.69) is 22.2 Å². The van der Waals surface area contributed by atoms with Crippen LogP contribution in [0.1, 0.15) is 11.5 Å². The van der Waals surface area contributed by atoms with Gasteiger partial charge in [-0.3, -0.25) is 0 Å². The summed E-state index contributed by atoms with van der Waals surface area (Å²) < 4.78 is 9.58. The molecule has 2 heterocycles. The van der Waals surface area contributed by atoms with Crippen LogP contribution in [0.25, 0.3) is 11.4 Å². The number of hydrogen-bond acceptors (Lipinski definition) is 4. The van der Waals surface area contributed by atoms with Crippen molar-refractivity contribution in [1.82, 2.24) is 10.3 Å². The first-order chi connectivity index (χ1) is 6.83. The molecule has 0 bridgehead atoms. The highest BCUT2D eigenvalue weighted by atomic mass is 16.5. The maximum Gasteiger partial charge on any atom is 0.210 e. The van der Waals surface area contributed by atoms with Crippen LogP contribution in [0.5, 0.6) is 0 Å². The van der Waals surface area contributed by atoms with Gasteiger partial charge in [-0.2, -0.15) is 0 Å². The summed E-state index contributed by atoms with van der Waals surface area (Å²) in [5, 5.41) is 7.39. The predicted molar refractivity (Wildman–Crippen MR) is 47.9 cm³/mol. The summed E-state index contributed by atoms with van der Waals surface area (Å²) in [4.78, 5) is 0. The van der Waals surface area contributed by atoms with Crippen LogP contribution in [-0.4, -0.2) is 10.3 Å². The fraction of sp³-hybridized carbons (Fsp3) is 0. The number of nitrogens with zero attached hydrogens (tertiary/aromatic N) is 2. The first-order valence-electron chi connectivity index (χ1n) is 3.70. The van der Waals surface area contributed by atoms with E-state index in [9.17, 15) is 0 Å². The van der Waals surface area contributed by atoms with E-state index in [0.29, 0.717) is 22.9 Å². The van der Waals surface area contributed by atoms with Crippen molar-refractivity contribution in [3.05, 3.63) is 23.7 Å². The molecule has 0 unspecified atom stereocenters. The van der Waals surface area contributed by atoms with Gasteiger partial charge in [0.2, 0.25) is 11.5 Å². The standard InChI is InChI=1S/C10H4N2O2/c1-3-7-5-9(11-13-7)10-6-8(4-2)14-12-10/h1-2,5-6H. The van der Waals surface area contributed by atoms with Crippen LogP contribution >= 0.6 is 0 Å². The molecule has 0 aliphatic rings. The van der Waals surface area contributed by atoms with Gasteiger partial charge in [0.05, 0.1) is 0 Å². The largest absolute Gasteiger partial charge is 0.347 e. The van der Waals surface area contributed by atoms with Crippen molar-refractivity contribution in [3.8, 4) is 36.1 Å². The van der Waals surface area contributed by atoms with Crippen molar-refractivity contribution in [1.29, 1.82) is 0 Å². The van der Waals surface area contributed by atoms with E-state index in [0.717, 1.165) is 0 Å². The molecule has 0 aliphatic heterocycles. The fourth-order valence-corrected chi connectivity index (χ4v) is 0.928. The topological polar surface area (TPSA) is 52.1 Å². The third-order valence-corrected chi connectivity index (χ3v) is 1.57. The fourth-order valence-electron chi connectivity index (χ4n) is 0.928. The van der Waals surface area contributed by atoms with Gasteiger partial charge >= 0.3 is 0 Å². The van der Waals surface area contributed by atoms with Gasteiger partial charge in [0, 0.05) is 12.1 Å². The van der Waals surface area contributed by atoms with Crippen LogP contribution in [-0.2, 0) is 0 Å². The molecule has 2 rings (SSSR count). The van der Waals surface area contributed by atoms with Gasteiger partial charge < -0.3 is 9.05 Å². The second kappa shape index (κ2) is 3.12. The minimum atomic E-state index is 0.338. The van der Waals surface area contributed by atoms with Gasteiger partial charge in [-0.15, -0.1) is 12.8 Å². The molecular weight excluding hydrogens is 180 g/mol. The molecule has 2 aromatic rings. The van der Waals surface area contributed by atoms with Gasteiger partial charge in [0.15, 0.2) is 0 Å². The molecule has 4 heteroatoms. The maximum absolute atomic E-state index is 5.11. The molecule has 0 fully saturated rings. The lowest BCUT2D eigenvalue weighted by molar-refractivity contribution is 0.404. The normalized spacial score (nSPS) is 9.29. The van der Waals surface area contributed by atoms with Crippen molar-refractivity contribution in [3.63, 3.8) is 0 Å². The Morgan fingerprint density at radius 1 is 0.929 bits per heavy atom. The van der Waals surface area contributed by atoms with Gasteiger partial charge in [-0.1, -0.05) is 10.3 Å². The molecule has 0 aromatic carbocycles. The van der Waals surface area contributed by atoms with Crippen LogP contribution in [0.15, 0.2) is 21.2 Å².